The fourth-order valence-corrected chi connectivity index (χ4v) is 3.65. The third kappa shape index (κ3) is 5.59. The molecule has 0 spiro atoms. The zero-order chi connectivity index (χ0) is 21.8. The maximum atomic E-state index is 12.3. The van der Waals surface area contributed by atoms with E-state index < -0.39 is 0 Å². The van der Waals surface area contributed by atoms with Gasteiger partial charge in [0.2, 0.25) is 6.79 Å². The molecule has 3 aromatic rings. The smallest absolute Gasteiger partial charge is 0.231 e. The van der Waals surface area contributed by atoms with Crippen LogP contribution in [0.15, 0.2) is 72.8 Å². The van der Waals surface area contributed by atoms with Crippen LogP contribution < -0.4 is 9.47 Å². The summed E-state index contributed by atoms with van der Waals surface area (Å²) in [7, 11) is 0. The van der Waals surface area contributed by atoms with Crippen LogP contribution in [0.2, 0.25) is 0 Å². The van der Waals surface area contributed by atoms with Crippen molar-refractivity contribution in [3.63, 3.8) is 0 Å². The molecular weight excluding hydrogens is 396 g/mol. The number of ether oxygens (including phenoxy) is 2. The summed E-state index contributed by atoms with van der Waals surface area (Å²) in [6, 6.07) is 24.8. The number of hydrogen-bond donors (Lipinski definition) is 0. The minimum atomic E-state index is -0.0342. The lowest BCUT2D eigenvalue weighted by Gasteiger charge is -2.11. The van der Waals surface area contributed by atoms with Gasteiger partial charge in [-0.2, -0.15) is 0 Å². The molecule has 1 saturated carbocycles. The number of carbonyl (C=O) groups is 1. The molecule has 0 bridgehead atoms. The number of rotatable bonds is 5. The fraction of sp³-hybridized carbons (Fsp3) is 0.345. The average molecular weight is 431 g/mol. The van der Waals surface area contributed by atoms with E-state index in [0.717, 1.165) is 29.9 Å². The molecule has 0 radical (unpaired) electrons. The minimum Gasteiger partial charge on any atom is -0.454 e. The SMILES string of the molecule is C.CC(C)c1cccc(-c2cccc(CC(=O)C3(C)CC3)c2)c1.c1ccc2c(c1)OCO2. The number of carbonyl (C=O) groups excluding carboxylic acids is 1. The second-order valence-corrected chi connectivity index (χ2v) is 8.99. The molecule has 0 amide bonds. The topological polar surface area (TPSA) is 35.5 Å². The molecule has 3 aromatic carbocycles. The van der Waals surface area contributed by atoms with Gasteiger partial charge >= 0.3 is 0 Å². The number of ketones is 1. The zero-order valence-corrected chi connectivity index (χ0v) is 18.6. The third-order valence-electron chi connectivity index (χ3n) is 6.13. The van der Waals surface area contributed by atoms with Gasteiger partial charge in [0.15, 0.2) is 11.5 Å². The molecule has 3 heteroatoms. The van der Waals surface area contributed by atoms with Crippen LogP contribution in [0.4, 0.5) is 0 Å². The number of hydrogen-bond acceptors (Lipinski definition) is 3. The Labute approximate surface area is 192 Å². The van der Waals surface area contributed by atoms with Crippen molar-refractivity contribution in [2.75, 3.05) is 6.79 Å². The van der Waals surface area contributed by atoms with E-state index in [-0.39, 0.29) is 12.8 Å². The predicted octanol–water partition coefficient (Wildman–Crippen LogP) is 7.44. The summed E-state index contributed by atoms with van der Waals surface area (Å²) in [5.74, 6) is 2.61. The van der Waals surface area contributed by atoms with Crippen LogP contribution in [0.3, 0.4) is 0 Å². The largest absolute Gasteiger partial charge is 0.454 e. The highest BCUT2D eigenvalue weighted by Crippen LogP contribution is 2.46. The molecule has 0 atom stereocenters. The first-order valence-electron chi connectivity index (χ1n) is 11.0. The second-order valence-electron chi connectivity index (χ2n) is 8.99. The molecule has 3 nitrogen and oxygen atoms in total. The maximum Gasteiger partial charge on any atom is 0.231 e. The first kappa shape index (κ1) is 23.6. The van der Waals surface area contributed by atoms with Gasteiger partial charge in [0.05, 0.1) is 0 Å². The van der Waals surface area contributed by atoms with Crippen molar-refractivity contribution in [3.8, 4) is 22.6 Å². The van der Waals surface area contributed by atoms with Crippen LogP contribution in [0.1, 0.15) is 58.1 Å². The lowest BCUT2D eigenvalue weighted by atomic mass is 9.93. The first-order valence-corrected chi connectivity index (χ1v) is 11.0. The molecular formula is C29H34O3. The highest BCUT2D eigenvalue weighted by molar-refractivity contribution is 5.89. The molecule has 0 saturated heterocycles. The third-order valence-corrected chi connectivity index (χ3v) is 6.13. The number of para-hydroxylation sites is 2. The van der Waals surface area contributed by atoms with Gasteiger partial charge in [-0.25, -0.2) is 0 Å². The monoisotopic (exact) mass is 430 g/mol. The van der Waals surface area contributed by atoms with Gasteiger partial charge < -0.3 is 9.47 Å². The molecule has 168 valence electrons. The van der Waals surface area contributed by atoms with E-state index >= 15 is 0 Å². The molecule has 0 unspecified atom stereocenters. The zero-order valence-electron chi connectivity index (χ0n) is 18.6. The molecule has 32 heavy (non-hydrogen) atoms. The van der Waals surface area contributed by atoms with E-state index in [1.54, 1.807) is 0 Å². The van der Waals surface area contributed by atoms with E-state index in [0.29, 0.717) is 24.9 Å². The Kier molecular flexibility index (Phi) is 7.40. The van der Waals surface area contributed by atoms with Crippen LogP contribution >= 0.6 is 0 Å². The van der Waals surface area contributed by atoms with Crippen molar-refractivity contribution in [2.45, 2.75) is 53.4 Å². The molecule has 2 aliphatic rings. The van der Waals surface area contributed by atoms with Gasteiger partial charge in [-0.15, -0.1) is 0 Å². The van der Waals surface area contributed by atoms with Gasteiger partial charge in [0, 0.05) is 11.8 Å². The molecule has 1 heterocycles. The van der Waals surface area contributed by atoms with Crippen molar-refractivity contribution < 1.29 is 14.3 Å². The van der Waals surface area contributed by atoms with E-state index in [1.165, 1.54) is 16.7 Å². The molecule has 5 rings (SSSR count). The van der Waals surface area contributed by atoms with Crippen molar-refractivity contribution in [3.05, 3.63) is 83.9 Å². The van der Waals surface area contributed by atoms with Crippen LogP contribution in [0, 0.1) is 5.41 Å². The summed E-state index contributed by atoms with van der Waals surface area (Å²) in [4.78, 5) is 12.3. The number of benzene rings is 3. The van der Waals surface area contributed by atoms with Crippen LogP contribution in [-0.2, 0) is 11.2 Å². The molecule has 1 fully saturated rings. The summed E-state index contributed by atoms with van der Waals surface area (Å²) in [5.41, 5.74) is 4.88. The fourth-order valence-electron chi connectivity index (χ4n) is 3.65. The average Bonchev–Trinajstić information content (AvgIpc) is 3.36. The molecule has 1 aliphatic heterocycles. The Bertz CT molecular complexity index is 1040. The van der Waals surface area contributed by atoms with E-state index in [9.17, 15) is 4.79 Å². The Morgan fingerprint density at radius 2 is 1.47 bits per heavy atom. The Morgan fingerprint density at radius 3 is 2.06 bits per heavy atom. The maximum absolute atomic E-state index is 12.3. The molecule has 0 aromatic heterocycles. The van der Waals surface area contributed by atoms with Gasteiger partial charge in [-0.3, -0.25) is 4.79 Å². The lowest BCUT2D eigenvalue weighted by Crippen LogP contribution is -2.14. The van der Waals surface area contributed by atoms with E-state index in [2.05, 4.69) is 69.3 Å². The van der Waals surface area contributed by atoms with Crippen molar-refractivity contribution >= 4 is 5.78 Å². The van der Waals surface area contributed by atoms with Crippen molar-refractivity contribution in [1.82, 2.24) is 0 Å². The number of Topliss-reactive ketones (excluding diaryl/α,β-unsaturated/α-hetero) is 1. The van der Waals surface area contributed by atoms with Crippen molar-refractivity contribution in [1.29, 1.82) is 0 Å². The van der Waals surface area contributed by atoms with Gasteiger partial charge in [-0.05, 0) is 53.1 Å². The summed E-state index contributed by atoms with van der Waals surface area (Å²) in [6.07, 6.45) is 2.68. The first-order chi connectivity index (χ1) is 14.9. The highest BCUT2D eigenvalue weighted by atomic mass is 16.7. The van der Waals surface area contributed by atoms with E-state index in [4.69, 9.17) is 9.47 Å². The predicted molar refractivity (Wildman–Crippen MR) is 131 cm³/mol. The van der Waals surface area contributed by atoms with Crippen LogP contribution in [-0.4, -0.2) is 12.6 Å². The summed E-state index contributed by atoms with van der Waals surface area (Å²) in [6.45, 7) is 6.87. The Balaban J connectivity index is 0.000000241. The molecule has 0 N–H and O–H groups in total. The Hall–Kier alpha value is -3.07. The Morgan fingerprint density at radius 1 is 0.875 bits per heavy atom. The summed E-state index contributed by atoms with van der Waals surface area (Å²) >= 11 is 0. The van der Waals surface area contributed by atoms with E-state index in [1.807, 2.05) is 24.3 Å². The quantitative estimate of drug-likeness (QED) is 0.422. The van der Waals surface area contributed by atoms with Gasteiger partial charge in [-0.1, -0.05) is 88.9 Å². The van der Waals surface area contributed by atoms with Gasteiger partial charge in [0.1, 0.15) is 5.78 Å². The molecule has 1 aliphatic carbocycles. The standard InChI is InChI=1S/C21H24O.C7H6O2.CH4/c1-15(2)17-7-5-9-19(14-17)18-8-4-6-16(12-18)13-20(22)21(3)10-11-21;1-2-4-7-6(3-1)8-5-9-7;/h4-9,12,14-15H,10-11,13H2,1-3H3;1-4H,5H2;1H4. The van der Waals surface area contributed by atoms with Crippen LogP contribution in [0.25, 0.3) is 11.1 Å². The summed E-state index contributed by atoms with van der Waals surface area (Å²) < 4.78 is 10.2. The van der Waals surface area contributed by atoms with Gasteiger partial charge in [0.25, 0.3) is 0 Å². The highest BCUT2D eigenvalue weighted by Gasteiger charge is 2.43. The normalized spacial score (nSPS) is 14.8. The number of fused-ring (bicyclic) bond motifs is 1. The van der Waals surface area contributed by atoms with Crippen molar-refractivity contribution in [2.24, 2.45) is 5.41 Å². The summed E-state index contributed by atoms with van der Waals surface area (Å²) in [5, 5.41) is 0. The van der Waals surface area contributed by atoms with Crippen LogP contribution in [0.5, 0.6) is 11.5 Å². The second kappa shape index (κ2) is 10.0. The minimum absolute atomic E-state index is 0. The lowest BCUT2D eigenvalue weighted by molar-refractivity contribution is -0.122.